The van der Waals surface area contributed by atoms with Crippen molar-refractivity contribution in [3.8, 4) is 0 Å². The maximum absolute atomic E-state index is 13.3. The molecule has 4 rings (SSSR count). The summed E-state index contributed by atoms with van der Waals surface area (Å²) in [6, 6.07) is 10.1. The first-order chi connectivity index (χ1) is 13.6. The number of piperazine rings is 1. The minimum absolute atomic E-state index is 0. The molecule has 0 atom stereocenters. The molecule has 164 valence electrons. The van der Waals surface area contributed by atoms with Crippen LogP contribution in [0.1, 0.15) is 22.9 Å². The Morgan fingerprint density at radius 1 is 1.10 bits per heavy atom. The summed E-state index contributed by atoms with van der Waals surface area (Å²) in [5.74, 6) is 0. The van der Waals surface area contributed by atoms with E-state index in [2.05, 4.69) is 24.9 Å². The van der Waals surface area contributed by atoms with Crippen LogP contribution in [0.5, 0.6) is 0 Å². The maximum atomic E-state index is 13.3. The van der Waals surface area contributed by atoms with Gasteiger partial charge in [0.25, 0.3) is 0 Å². The number of amides is 2. The number of likely N-dealkylation sites (N-methyl/N-ethyl adjacent to an activating group) is 1. The summed E-state index contributed by atoms with van der Waals surface area (Å²) in [7, 11) is 2.10. The van der Waals surface area contributed by atoms with E-state index in [1.54, 1.807) is 11.3 Å². The second-order valence-electron chi connectivity index (χ2n) is 7.22. The van der Waals surface area contributed by atoms with Crippen LogP contribution in [0.2, 0.25) is 5.02 Å². The number of benzene rings is 1. The fourth-order valence-electron chi connectivity index (χ4n) is 3.66. The van der Waals surface area contributed by atoms with Crippen molar-refractivity contribution in [2.24, 2.45) is 4.99 Å². The Morgan fingerprint density at radius 3 is 2.47 bits per heavy atom. The van der Waals surface area contributed by atoms with Crippen LogP contribution in [0.15, 0.2) is 35.3 Å². The molecule has 0 N–H and O–H groups in total. The van der Waals surface area contributed by atoms with Gasteiger partial charge in [0.15, 0.2) is 0 Å². The smallest absolute Gasteiger partial charge is 0.322 e. The van der Waals surface area contributed by atoms with Gasteiger partial charge in [-0.15, -0.1) is 36.2 Å². The average Bonchev–Trinajstić information content (AvgIpc) is 3.05. The van der Waals surface area contributed by atoms with E-state index >= 15 is 0 Å². The fourth-order valence-corrected chi connectivity index (χ4v) is 5.00. The lowest BCUT2D eigenvalue weighted by Crippen LogP contribution is -2.52. The number of hydrogen-bond acceptors (Lipinski definition) is 4. The molecule has 5 nitrogen and oxygen atoms in total. The minimum atomic E-state index is 0. The number of rotatable bonds is 2. The number of carbonyl (C=O) groups is 1. The molecule has 0 radical (unpaired) electrons. The second-order valence-corrected chi connectivity index (χ2v) is 8.74. The standard InChI is InChI=1S/C21H25ClN4OS.2ClH/c1-3-15-14-17-19(16-6-4-5-7-18(16)22)23-8-9-26(20(17)28-15)21(27)25-12-10-24(2)11-13-25;;/h4-7,14H,3,8-13H2,1-2H3;2*1H. The van der Waals surface area contributed by atoms with Gasteiger partial charge in [-0.25, -0.2) is 4.79 Å². The second kappa shape index (κ2) is 10.8. The zero-order valence-corrected chi connectivity index (χ0v) is 20.3. The van der Waals surface area contributed by atoms with Gasteiger partial charge in [0.2, 0.25) is 0 Å². The van der Waals surface area contributed by atoms with Crippen LogP contribution >= 0.6 is 47.8 Å². The molecule has 0 spiro atoms. The number of nitrogens with zero attached hydrogens (tertiary/aromatic N) is 4. The van der Waals surface area contributed by atoms with Gasteiger partial charge >= 0.3 is 6.03 Å². The maximum Gasteiger partial charge on any atom is 0.325 e. The highest BCUT2D eigenvalue weighted by Crippen LogP contribution is 2.37. The summed E-state index contributed by atoms with van der Waals surface area (Å²) in [6.07, 6.45) is 0.935. The van der Waals surface area contributed by atoms with Crippen LogP contribution in [-0.2, 0) is 6.42 Å². The van der Waals surface area contributed by atoms with Gasteiger partial charge in [0.05, 0.1) is 12.3 Å². The predicted molar refractivity (Wildman–Crippen MR) is 132 cm³/mol. The molecule has 0 saturated carbocycles. The Balaban J connectivity index is 0.00000160. The SMILES string of the molecule is CCc1cc2c(s1)N(C(=O)N1CCN(C)CC1)CCN=C2c1ccccc1Cl.Cl.Cl. The zero-order valence-electron chi connectivity index (χ0n) is 17.1. The molecule has 0 unspecified atom stereocenters. The van der Waals surface area contributed by atoms with Crippen LogP contribution in [0.25, 0.3) is 0 Å². The third-order valence-electron chi connectivity index (χ3n) is 5.34. The van der Waals surface area contributed by atoms with Crippen molar-refractivity contribution in [3.05, 3.63) is 51.4 Å². The minimum Gasteiger partial charge on any atom is -0.322 e. The molecular weight excluding hydrogens is 463 g/mol. The molecule has 3 heterocycles. The quantitative estimate of drug-likeness (QED) is 0.606. The lowest BCUT2D eigenvalue weighted by molar-refractivity contribution is 0.159. The molecule has 9 heteroatoms. The van der Waals surface area contributed by atoms with Gasteiger partial charge in [-0.2, -0.15) is 0 Å². The van der Waals surface area contributed by atoms with Gasteiger partial charge in [-0.1, -0.05) is 36.7 Å². The normalized spacial score (nSPS) is 16.7. The number of anilines is 1. The van der Waals surface area contributed by atoms with Crippen molar-refractivity contribution in [3.63, 3.8) is 0 Å². The van der Waals surface area contributed by atoms with E-state index < -0.39 is 0 Å². The van der Waals surface area contributed by atoms with Crippen molar-refractivity contribution in [1.29, 1.82) is 0 Å². The van der Waals surface area contributed by atoms with Crippen LogP contribution in [0, 0.1) is 0 Å². The van der Waals surface area contributed by atoms with E-state index in [4.69, 9.17) is 16.6 Å². The lowest BCUT2D eigenvalue weighted by atomic mass is 10.0. The number of fused-ring (bicyclic) bond motifs is 1. The molecule has 1 aromatic carbocycles. The van der Waals surface area contributed by atoms with E-state index in [1.807, 2.05) is 34.1 Å². The summed E-state index contributed by atoms with van der Waals surface area (Å²) in [4.78, 5) is 25.6. The van der Waals surface area contributed by atoms with Crippen LogP contribution in [-0.4, -0.2) is 67.9 Å². The Hall–Kier alpha value is -1.31. The summed E-state index contributed by atoms with van der Waals surface area (Å²) in [6.45, 7) is 6.68. The molecular formula is C21H27Cl3N4OS. The molecule has 1 saturated heterocycles. The van der Waals surface area contributed by atoms with Crippen molar-refractivity contribution in [2.45, 2.75) is 13.3 Å². The van der Waals surface area contributed by atoms with Crippen molar-refractivity contribution in [1.82, 2.24) is 9.80 Å². The van der Waals surface area contributed by atoms with Gasteiger partial charge in [-0.05, 0) is 25.6 Å². The highest BCUT2D eigenvalue weighted by Gasteiger charge is 2.31. The number of thiophene rings is 1. The average molecular weight is 490 g/mol. The molecule has 30 heavy (non-hydrogen) atoms. The zero-order chi connectivity index (χ0) is 19.7. The van der Waals surface area contributed by atoms with E-state index in [0.717, 1.165) is 54.4 Å². The first-order valence-electron chi connectivity index (χ1n) is 9.76. The number of urea groups is 1. The van der Waals surface area contributed by atoms with Gasteiger partial charge in [-0.3, -0.25) is 9.89 Å². The largest absolute Gasteiger partial charge is 0.325 e. The van der Waals surface area contributed by atoms with Crippen molar-refractivity contribution in [2.75, 3.05) is 51.2 Å². The summed E-state index contributed by atoms with van der Waals surface area (Å²) in [5, 5.41) is 1.69. The Bertz CT molecular complexity index is 909. The molecule has 1 aromatic heterocycles. The summed E-state index contributed by atoms with van der Waals surface area (Å²) < 4.78 is 0. The monoisotopic (exact) mass is 488 g/mol. The van der Waals surface area contributed by atoms with E-state index in [1.165, 1.54) is 4.88 Å². The number of halogens is 3. The molecule has 2 aliphatic rings. The highest BCUT2D eigenvalue weighted by atomic mass is 35.5. The topological polar surface area (TPSA) is 39.2 Å². The van der Waals surface area contributed by atoms with Gasteiger partial charge < -0.3 is 9.80 Å². The third kappa shape index (κ3) is 4.94. The predicted octanol–water partition coefficient (Wildman–Crippen LogP) is 4.83. The molecule has 0 bridgehead atoms. The van der Waals surface area contributed by atoms with Crippen LogP contribution in [0.3, 0.4) is 0 Å². The molecule has 0 aliphatic carbocycles. The molecule has 2 aromatic rings. The van der Waals surface area contributed by atoms with Crippen LogP contribution in [0.4, 0.5) is 9.80 Å². The first-order valence-corrected chi connectivity index (χ1v) is 11.0. The number of aliphatic imine (C=N–C) groups is 1. The number of hydrogen-bond donors (Lipinski definition) is 0. The first kappa shape index (κ1) is 25.0. The Morgan fingerprint density at radius 2 is 1.80 bits per heavy atom. The Kier molecular flexibility index (Phi) is 9.00. The molecule has 1 fully saturated rings. The van der Waals surface area contributed by atoms with Crippen molar-refractivity contribution < 1.29 is 4.79 Å². The van der Waals surface area contributed by atoms with Crippen LogP contribution < -0.4 is 4.90 Å². The molecule has 2 amide bonds. The summed E-state index contributed by atoms with van der Waals surface area (Å²) in [5.41, 5.74) is 2.85. The lowest BCUT2D eigenvalue weighted by Gasteiger charge is -2.35. The highest BCUT2D eigenvalue weighted by molar-refractivity contribution is 7.16. The van der Waals surface area contributed by atoms with E-state index in [-0.39, 0.29) is 30.8 Å². The van der Waals surface area contributed by atoms with E-state index in [9.17, 15) is 4.79 Å². The molecule has 2 aliphatic heterocycles. The van der Waals surface area contributed by atoms with Gasteiger partial charge in [0.1, 0.15) is 5.00 Å². The number of carbonyl (C=O) groups excluding carboxylic acids is 1. The van der Waals surface area contributed by atoms with Crippen molar-refractivity contribution >= 4 is 64.5 Å². The Labute approximate surface area is 199 Å². The third-order valence-corrected chi connectivity index (χ3v) is 6.97. The van der Waals surface area contributed by atoms with Gasteiger partial charge in [0, 0.05) is 53.8 Å². The fraction of sp³-hybridized carbons (Fsp3) is 0.429. The summed E-state index contributed by atoms with van der Waals surface area (Å²) >= 11 is 8.18. The van der Waals surface area contributed by atoms with E-state index in [0.29, 0.717) is 18.1 Å². The number of aryl methyl sites for hydroxylation is 1.